The minimum absolute atomic E-state index is 0.0950. The molecule has 1 aliphatic carbocycles. The zero-order chi connectivity index (χ0) is 20.9. The second-order valence-electron chi connectivity index (χ2n) is 6.51. The lowest BCUT2D eigenvalue weighted by Crippen LogP contribution is -2.24. The predicted octanol–water partition coefficient (Wildman–Crippen LogP) is 2.43. The van der Waals surface area contributed by atoms with Crippen molar-refractivity contribution in [3.8, 4) is 16.9 Å². The van der Waals surface area contributed by atoms with E-state index < -0.39 is 17.3 Å². The summed E-state index contributed by atoms with van der Waals surface area (Å²) < 4.78 is 16.9. The number of hydrogen-bond donors (Lipinski definition) is 1. The molecule has 0 unspecified atom stereocenters. The molecule has 8 heteroatoms. The Kier molecular flexibility index (Phi) is 4.26. The first-order valence-electron chi connectivity index (χ1n) is 8.74. The molecule has 29 heavy (non-hydrogen) atoms. The first kappa shape index (κ1) is 18.5. The van der Waals surface area contributed by atoms with E-state index in [-0.39, 0.29) is 28.2 Å². The van der Waals surface area contributed by atoms with Gasteiger partial charge in [-0.05, 0) is 23.8 Å². The van der Waals surface area contributed by atoms with Gasteiger partial charge in [0.1, 0.15) is 5.75 Å². The van der Waals surface area contributed by atoms with Crippen LogP contribution in [0.3, 0.4) is 0 Å². The van der Waals surface area contributed by atoms with Gasteiger partial charge in [0.05, 0.1) is 37.9 Å². The molecule has 0 saturated heterocycles. The van der Waals surface area contributed by atoms with Gasteiger partial charge < -0.3 is 19.2 Å². The van der Waals surface area contributed by atoms with Crippen LogP contribution in [0.4, 0.5) is 0 Å². The Morgan fingerprint density at radius 1 is 0.828 bits per heavy atom. The monoisotopic (exact) mass is 394 g/mol. The molecule has 0 bridgehead atoms. The molecule has 0 fully saturated rings. The number of ketones is 2. The van der Waals surface area contributed by atoms with Crippen molar-refractivity contribution in [2.24, 2.45) is 7.05 Å². The first-order chi connectivity index (χ1) is 13.9. The summed E-state index contributed by atoms with van der Waals surface area (Å²) in [5.74, 6) is -0.685. The highest BCUT2D eigenvalue weighted by molar-refractivity contribution is 6.30. The number of nitrogens with one attached hydrogen (secondary N) is 1. The SMILES string of the molecule is COC1=C(OC)C(=O)c2c(cc(-c3ccc(OC)cc3)c3c2[nH]c(=O)n3C)C1=O. The number of allylic oxidation sites excluding steroid dienone is 2. The Bertz CT molecular complexity index is 1260. The summed E-state index contributed by atoms with van der Waals surface area (Å²) >= 11 is 0. The molecular weight excluding hydrogens is 376 g/mol. The largest absolute Gasteiger partial charge is 0.497 e. The number of carbonyl (C=O) groups is 2. The summed E-state index contributed by atoms with van der Waals surface area (Å²) in [7, 11) is 5.76. The summed E-state index contributed by atoms with van der Waals surface area (Å²) in [4.78, 5) is 41.2. The number of aryl methyl sites for hydroxylation is 1. The quantitative estimate of drug-likeness (QED) is 0.730. The Morgan fingerprint density at radius 2 is 1.45 bits per heavy atom. The molecule has 1 N–H and O–H groups in total. The lowest BCUT2D eigenvalue weighted by atomic mass is 9.87. The van der Waals surface area contributed by atoms with Gasteiger partial charge in [0.25, 0.3) is 0 Å². The van der Waals surface area contributed by atoms with Crippen LogP contribution in [0.25, 0.3) is 22.2 Å². The van der Waals surface area contributed by atoms with Crippen molar-refractivity contribution >= 4 is 22.6 Å². The van der Waals surface area contributed by atoms with Crippen LogP contribution in [0, 0.1) is 0 Å². The van der Waals surface area contributed by atoms with E-state index in [0.29, 0.717) is 16.8 Å². The smallest absolute Gasteiger partial charge is 0.326 e. The maximum absolute atomic E-state index is 13.1. The maximum atomic E-state index is 13.1. The van der Waals surface area contributed by atoms with Crippen LogP contribution >= 0.6 is 0 Å². The molecule has 0 aliphatic heterocycles. The Hall–Kier alpha value is -3.81. The molecule has 0 atom stereocenters. The van der Waals surface area contributed by atoms with Gasteiger partial charge in [-0.25, -0.2) is 4.79 Å². The molecule has 148 valence electrons. The summed E-state index contributed by atoms with van der Waals surface area (Å²) in [6, 6.07) is 8.81. The van der Waals surface area contributed by atoms with Crippen LogP contribution in [0.15, 0.2) is 46.6 Å². The third-order valence-electron chi connectivity index (χ3n) is 5.07. The highest BCUT2D eigenvalue weighted by Crippen LogP contribution is 2.37. The molecule has 2 aromatic carbocycles. The highest BCUT2D eigenvalue weighted by Gasteiger charge is 2.37. The topological polar surface area (TPSA) is 99.6 Å². The van der Waals surface area contributed by atoms with Gasteiger partial charge in [0.2, 0.25) is 23.1 Å². The summed E-state index contributed by atoms with van der Waals surface area (Å²) in [5, 5.41) is 0. The van der Waals surface area contributed by atoms with Crippen LogP contribution in [-0.4, -0.2) is 42.4 Å². The van der Waals surface area contributed by atoms with Crippen LogP contribution in [-0.2, 0) is 16.5 Å². The Labute approximate surface area is 165 Å². The van der Waals surface area contributed by atoms with Crippen molar-refractivity contribution in [1.82, 2.24) is 9.55 Å². The van der Waals surface area contributed by atoms with Gasteiger partial charge in [0, 0.05) is 18.2 Å². The van der Waals surface area contributed by atoms with Crippen molar-refractivity contribution in [2.45, 2.75) is 0 Å². The summed E-state index contributed by atoms with van der Waals surface area (Å²) in [6.45, 7) is 0. The van der Waals surface area contributed by atoms with E-state index in [0.717, 1.165) is 5.56 Å². The molecule has 0 amide bonds. The van der Waals surface area contributed by atoms with Crippen LogP contribution in [0.2, 0.25) is 0 Å². The number of ether oxygens (including phenoxy) is 3. The second-order valence-corrected chi connectivity index (χ2v) is 6.51. The van der Waals surface area contributed by atoms with Gasteiger partial charge in [0.15, 0.2) is 0 Å². The van der Waals surface area contributed by atoms with Gasteiger partial charge in [-0.15, -0.1) is 0 Å². The number of nitrogens with zero attached hydrogens (tertiary/aromatic N) is 1. The molecule has 8 nitrogen and oxygen atoms in total. The zero-order valence-corrected chi connectivity index (χ0v) is 16.3. The lowest BCUT2D eigenvalue weighted by Gasteiger charge is -2.20. The minimum atomic E-state index is -0.521. The third-order valence-corrected chi connectivity index (χ3v) is 5.07. The number of benzene rings is 2. The fourth-order valence-corrected chi connectivity index (χ4v) is 3.65. The van der Waals surface area contributed by atoms with Crippen molar-refractivity contribution in [1.29, 1.82) is 0 Å². The van der Waals surface area contributed by atoms with E-state index in [2.05, 4.69) is 4.98 Å². The van der Waals surface area contributed by atoms with Crippen LogP contribution in [0.1, 0.15) is 20.7 Å². The maximum Gasteiger partial charge on any atom is 0.326 e. The second kappa shape index (κ2) is 6.66. The van der Waals surface area contributed by atoms with Crippen LogP contribution in [0.5, 0.6) is 5.75 Å². The third kappa shape index (κ3) is 2.56. The molecule has 1 aromatic heterocycles. The number of aromatic amines is 1. The number of Topliss-reactive ketones (excluding diaryl/α,β-unsaturated/α-hetero) is 2. The molecule has 0 spiro atoms. The fourth-order valence-electron chi connectivity index (χ4n) is 3.65. The van der Waals surface area contributed by atoms with Gasteiger partial charge in [-0.1, -0.05) is 12.1 Å². The van der Waals surface area contributed by atoms with E-state index >= 15 is 0 Å². The average Bonchev–Trinajstić information content (AvgIpc) is 3.03. The molecule has 0 radical (unpaired) electrons. The number of aromatic nitrogens is 2. The zero-order valence-electron chi connectivity index (χ0n) is 16.3. The number of carbonyl (C=O) groups excluding carboxylic acids is 2. The van der Waals surface area contributed by atoms with Gasteiger partial charge in [-0.3, -0.25) is 14.2 Å². The van der Waals surface area contributed by atoms with E-state index in [9.17, 15) is 14.4 Å². The number of methoxy groups -OCH3 is 3. The van der Waals surface area contributed by atoms with E-state index in [1.54, 1.807) is 32.4 Å². The minimum Gasteiger partial charge on any atom is -0.497 e. The molecule has 0 saturated carbocycles. The standard InChI is InChI=1S/C21H18N2O6/c1-23-16-12(10-5-7-11(27-2)8-6-10)9-13-14(15(16)22-21(23)26)18(25)20(29-4)19(28-3)17(13)24/h5-9H,1-4H3,(H,22,26). The lowest BCUT2D eigenvalue weighted by molar-refractivity contribution is 0.0830. The predicted molar refractivity (Wildman–Crippen MR) is 105 cm³/mol. The number of H-pyrrole nitrogens is 1. The van der Waals surface area contributed by atoms with Crippen molar-refractivity contribution in [3.63, 3.8) is 0 Å². The van der Waals surface area contributed by atoms with Crippen molar-refractivity contribution < 1.29 is 23.8 Å². The first-order valence-corrected chi connectivity index (χ1v) is 8.74. The van der Waals surface area contributed by atoms with E-state index in [1.807, 2.05) is 12.1 Å². The Balaban J connectivity index is 2.10. The fraction of sp³-hybridized carbons (Fsp3) is 0.190. The van der Waals surface area contributed by atoms with E-state index in [4.69, 9.17) is 14.2 Å². The van der Waals surface area contributed by atoms with Crippen molar-refractivity contribution in [2.75, 3.05) is 21.3 Å². The highest BCUT2D eigenvalue weighted by atomic mass is 16.5. The van der Waals surface area contributed by atoms with Crippen molar-refractivity contribution in [3.05, 3.63) is 63.5 Å². The number of fused-ring (bicyclic) bond motifs is 3. The molecule has 4 rings (SSSR count). The molecule has 1 aliphatic rings. The number of imidazole rings is 1. The molecule has 3 aromatic rings. The number of rotatable bonds is 4. The molecular formula is C21H18N2O6. The van der Waals surface area contributed by atoms with Gasteiger partial charge in [-0.2, -0.15) is 0 Å². The average molecular weight is 394 g/mol. The summed E-state index contributed by atoms with van der Waals surface area (Å²) in [5.41, 5.74) is 2.02. The number of hydrogen-bond acceptors (Lipinski definition) is 6. The normalized spacial score (nSPS) is 13.7. The summed E-state index contributed by atoms with van der Waals surface area (Å²) in [6.07, 6.45) is 0. The van der Waals surface area contributed by atoms with E-state index in [1.165, 1.54) is 18.8 Å². The molecule has 1 heterocycles. The van der Waals surface area contributed by atoms with Crippen LogP contribution < -0.4 is 10.4 Å². The Morgan fingerprint density at radius 3 is 2.03 bits per heavy atom. The van der Waals surface area contributed by atoms with Gasteiger partial charge >= 0.3 is 5.69 Å².